The fourth-order valence-electron chi connectivity index (χ4n) is 3.50. The molecule has 0 bridgehead atoms. The number of ether oxygens (including phenoxy) is 1. The lowest BCUT2D eigenvalue weighted by Crippen LogP contribution is -2.27. The maximum Gasteiger partial charge on any atom is 0.157 e. The van der Waals surface area contributed by atoms with Crippen LogP contribution in [-0.4, -0.2) is 12.9 Å². The number of allylic oxidation sites excluding steroid dienone is 5. The van der Waals surface area contributed by atoms with E-state index in [1.165, 1.54) is 16.7 Å². The number of ketones is 1. The van der Waals surface area contributed by atoms with Gasteiger partial charge in [-0.15, -0.1) is 0 Å². The molecule has 0 spiro atoms. The van der Waals surface area contributed by atoms with E-state index in [4.69, 9.17) is 4.74 Å². The molecule has 0 radical (unpaired) electrons. The zero-order valence-corrected chi connectivity index (χ0v) is 12.2. The number of hydrogen-bond donors (Lipinski definition) is 0. The summed E-state index contributed by atoms with van der Waals surface area (Å²) in [6.45, 7) is 10.7. The van der Waals surface area contributed by atoms with Crippen LogP contribution in [0.15, 0.2) is 34.1 Å². The fraction of sp³-hybridized carbons (Fsp3) is 0.562. The predicted octanol–water partition coefficient (Wildman–Crippen LogP) is 3.80. The molecule has 2 aliphatic carbocycles. The van der Waals surface area contributed by atoms with Crippen molar-refractivity contribution in [3.63, 3.8) is 0 Å². The Kier molecular flexibility index (Phi) is 3.00. The van der Waals surface area contributed by atoms with Crippen molar-refractivity contribution in [2.45, 2.75) is 41.0 Å². The molecule has 2 nitrogen and oxygen atoms in total. The highest BCUT2D eigenvalue weighted by Crippen LogP contribution is 2.55. The fourth-order valence-corrected chi connectivity index (χ4v) is 3.50. The van der Waals surface area contributed by atoms with Gasteiger partial charge in [-0.05, 0) is 37.0 Å². The Morgan fingerprint density at radius 1 is 1.33 bits per heavy atom. The van der Waals surface area contributed by atoms with Gasteiger partial charge in [0.05, 0.1) is 7.11 Å². The van der Waals surface area contributed by atoms with E-state index in [1.54, 1.807) is 13.2 Å². The average Bonchev–Trinajstić information content (AvgIpc) is 2.47. The van der Waals surface area contributed by atoms with Crippen molar-refractivity contribution in [1.82, 2.24) is 0 Å². The highest BCUT2D eigenvalue weighted by Gasteiger charge is 2.46. The van der Waals surface area contributed by atoms with Crippen LogP contribution in [0.1, 0.15) is 41.0 Å². The Labute approximate surface area is 109 Å². The van der Waals surface area contributed by atoms with Gasteiger partial charge in [-0.25, -0.2) is 0 Å². The van der Waals surface area contributed by atoms with E-state index in [-0.39, 0.29) is 11.2 Å². The minimum Gasteiger partial charge on any atom is -0.496 e. The van der Waals surface area contributed by atoms with Crippen LogP contribution in [-0.2, 0) is 9.53 Å². The van der Waals surface area contributed by atoms with Crippen LogP contribution in [0.5, 0.6) is 0 Å². The maximum absolute atomic E-state index is 11.9. The number of rotatable bonds is 2. The summed E-state index contributed by atoms with van der Waals surface area (Å²) in [7, 11) is 1.73. The van der Waals surface area contributed by atoms with Gasteiger partial charge in [0.15, 0.2) is 5.78 Å². The van der Waals surface area contributed by atoms with E-state index < -0.39 is 0 Å². The summed E-state index contributed by atoms with van der Waals surface area (Å²) in [6.07, 6.45) is 2.32. The Hall–Kier alpha value is -1.31. The summed E-state index contributed by atoms with van der Waals surface area (Å²) >= 11 is 0. The molecule has 2 aliphatic rings. The van der Waals surface area contributed by atoms with Crippen molar-refractivity contribution < 1.29 is 9.53 Å². The molecule has 2 rings (SSSR count). The number of hydrogen-bond acceptors (Lipinski definition) is 2. The van der Waals surface area contributed by atoms with Crippen molar-refractivity contribution in [2.24, 2.45) is 11.3 Å². The molecule has 18 heavy (non-hydrogen) atoms. The van der Waals surface area contributed by atoms with E-state index in [2.05, 4.69) is 27.7 Å². The zero-order valence-electron chi connectivity index (χ0n) is 12.2. The molecule has 98 valence electrons. The Bertz CT molecular complexity index is 503. The van der Waals surface area contributed by atoms with Gasteiger partial charge >= 0.3 is 0 Å². The highest BCUT2D eigenvalue weighted by atomic mass is 16.5. The lowest BCUT2D eigenvalue weighted by Gasteiger charge is -2.33. The first-order chi connectivity index (χ1) is 8.32. The molecule has 0 aliphatic heterocycles. The molecular weight excluding hydrogens is 224 g/mol. The van der Waals surface area contributed by atoms with Crippen molar-refractivity contribution >= 4 is 5.78 Å². The van der Waals surface area contributed by atoms with Gasteiger partial charge in [0.2, 0.25) is 0 Å². The first-order valence-corrected chi connectivity index (χ1v) is 6.54. The Balaban J connectivity index is 2.72. The third-order valence-corrected chi connectivity index (χ3v) is 4.34. The molecule has 2 heteroatoms. The number of carbonyl (C=O) groups excluding carboxylic acids is 1. The van der Waals surface area contributed by atoms with E-state index in [1.807, 2.05) is 6.92 Å². The van der Waals surface area contributed by atoms with Gasteiger partial charge in [-0.3, -0.25) is 4.79 Å². The molecule has 1 atom stereocenters. The van der Waals surface area contributed by atoms with E-state index in [9.17, 15) is 4.79 Å². The molecule has 0 fully saturated rings. The number of carbonyl (C=O) groups is 1. The van der Waals surface area contributed by atoms with Crippen LogP contribution in [0.3, 0.4) is 0 Å². The SMILES string of the molecule is COC1=C2C(C)=CC(=O)C[C@]2(C)C(C)=C1C(C)C. The molecule has 0 amide bonds. The second-order valence-corrected chi connectivity index (χ2v) is 5.90. The Morgan fingerprint density at radius 2 is 1.94 bits per heavy atom. The molecule has 0 saturated heterocycles. The Morgan fingerprint density at radius 3 is 2.44 bits per heavy atom. The third kappa shape index (κ3) is 1.58. The lowest BCUT2D eigenvalue weighted by atomic mass is 9.69. The molecular formula is C16H22O2. The summed E-state index contributed by atoms with van der Waals surface area (Å²) in [5.41, 5.74) is 4.68. The summed E-state index contributed by atoms with van der Waals surface area (Å²) < 4.78 is 5.67. The minimum atomic E-state index is -0.166. The quantitative estimate of drug-likeness (QED) is 0.740. The van der Waals surface area contributed by atoms with Gasteiger partial charge in [-0.2, -0.15) is 0 Å². The first kappa shape index (κ1) is 13.1. The van der Waals surface area contributed by atoms with Crippen LogP contribution in [0.4, 0.5) is 0 Å². The molecule has 0 N–H and O–H groups in total. The van der Waals surface area contributed by atoms with Crippen molar-refractivity contribution in [3.8, 4) is 0 Å². The second-order valence-electron chi connectivity index (χ2n) is 5.90. The molecule has 0 aromatic heterocycles. The lowest BCUT2D eigenvalue weighted by molar-refractivity contribution is -0.116. The van der Waals surface area contributed by atoms with E-state index in [0.717, 1.165) is 11.3 Å². The van der Waals surface area contributed by atoms with Crippen LogP contribution >= 0.6 is 0 Å². The molecule has 0 heterocycles. The maximum atomic E-state index is 11.9. The summed E-state index contributed by atoms with van der Waals surface area (Å²) in [5.74, 6) is 1.63. The first-order valence-electron chi connectivity index (χ1n) is 6.54. The minimum absolute atomic E-state index is 0.166. The van der Waals surface area contributed by atoms with Gasteiger partial charge in [0.1, 0.15) is 5.76 Å². The largest absolute Gasteiger partial charge is 0.496 e. The summed E-state index contributed by atoms with van der Waals surface area (Å²) in [5, 5.41) is 0. The second kappa shape index (κ2) is 4.11. The van der Waals surface area contributed by atoms with Gasteiger partial charge < -0.3 is 4.74 Å². The number of methoxy groups -OCH3 is 1. The normalized spacial score (nSPS) is 27.9. The predicted molar refractivity (Wildman–Crippen MR) is 73.1 cm³/mol. The van der Waals surface area contributed by atoms with E-state index in [0.29, 0.717) is 12.3 Å². The van der Waals surface area contributed by atoms with Crippen molar-refractivity contribution in [2.75, 3.05) is 7.11 Å². The zero-order chi connectivity index (χ0) is 13.7. The average molecular weight is 246 g/mol. The van der Waals surface area contributed by atoms with Crippen LogP contribution < -0.4 is 0 Å². The molecule has 0 aromatic carbocycles. The van der Waals surface area contributed by atoms with Crippen LogP contribution in [0.2, 0.25) is 0 Å². The van der Waals surface area contributed by atoms with Crippen molar-refractivity contribution in [1.29, 1.82) is 0 Å². The van der Waals surface area contributed by atoms with Gasteiger partial charge in [0, 0.05) is 17.4 Å². The topological polar surface area (TPSA) is 26.3 Å². The van der Waals surface area contributed by atoms with Gasteiger partial charge in [-0.1, -0.05) is 26.3 Å². The number of fused-ring (bicyclic) bond motifs is 1. The standard InChI is InChI=1S/C16H22O2/c1-9(2)13-11(4)16(5)8-12(17)7-10(3)14(16)15(13)18-6/h7,9H,8H2,1-6H3/t16-/m1/s1. The van der Waals surface area contributed by atoms with E-state index >= 15 is 0 Å². The van der Waals surface area contributed by atoms with Gasteiger partial charge in [0.25, 0.3) is 0 Å². The smallest absolute Gasteiger partial charge is 0.157 e. The summed E-state index contributed by atoms with van der Waals surface area (Å²) in [6, 6.07) is 0. The molecule has 0 aromatic rings. The highest BCUT2D eigenvalue weighted by molar-refractivity contribution is 5.95. The summed E-state index contributed by atoms with van der Waals surface area (Å²) in [4.78, 5) is 11.9. The van der Waals surface area contributed by atoms with Crippen molar-refractivity contribution in [3.05, 3.63) is 34.1 Å². The molecule has 0 saturated carbocycles. The van der Waals surface area contributed by atoms with Crippen LogP contribution in [0.25, 0.3) is 0 Å². The molecule has 0 unspecified atom stereocenters. The monoisotopic (exact) mass is 246 g/mol. The third-order valence-electron chi connectivity index (χ3n) is 4.34. The van der Waals surface area contributed by atoms with Crippen LogP contribution in [0, 0.1) is 11.3 Å².